The summed E-state index contributed by atoms with van der Waals surface area (Å²) in [4.78, 5) is 41.1. The predicted molar refractivity (Wildman–Crippen MR) is 214 cm³/mol. The minimum absolute atomic E-state index is 0.00230. The van der Waals surface area contributed by atoms with Crippen LogP contribution in [0.25, 0.3) is 43.1 Å². The summed E-state index contributed by atoms with van der Waals surface area (Å²) in [6.07, 6.45) is -2.45. The van der Waals surface area contributed by atoms with Gasteiger partial charge in [0.05, 0.1) is 51.9 Å². The van der Waals surface area contributed by atoms with Gasteiger partial charge in [-0.15, -0.1) is 0 Å². The van der Waals surface area contributed by atoms with Crippen LogP contribution in [-0.2, 0) is 28.9 Å². The number of ether oxygens (including phenoxy) is 7. The Morgan fingerprint density at radius 1 is 0.596 bits per heavy atom. The molecule has 0 bridgehead atoms. The molecule has 3 N–H and O–H groups in total. The number of hydrogen-bond donors (Lipinski definition) is 3. The molecule has 7 rings (SSSR count). The van der Waals surface area contributed by atoms with Crippen molar-refractivity contribution in [2.24, 2.45) is 0 Å². The summed E-state index contributed by atoms with van der Waals surface area (Å²) < 4.78 is 40.7. The number of methoxy groups -OCH3 is 4. The summed E-state index contributed by atoms with van der Waals surface area (Å²) in [6.45, 7) is 3.75. The van der Waals surface area contributed by atoms with E-state index < -0.39 is 40.7 Å². The largest absolute Gasteiger partial charge is 0.514 e. The zero-order valence-corrected chi connectivity index (χ0v) is 32.1. The molecule has 2 unspecified atom stereocenters. The van der Waals surface area contributed by atoms with Crippen LogP contribution in [0.3, 0.4) is 0 Å². The Kier molecular flexibility index (Phi) is 10.4. The van der Waals surface area contributed by atoms with Gasteiger partial charge in [0, 0.05) is 57.6 Å². The van der Waals surface area contributed by atoms with Gasteiger partial charge in [-0.25, -0.2) is 4.79 Å². The molecular weight excluding hydrogens is 736 g/mol. The number of carbonyl (C=O) groups excluding carboxylic acids is 1. The van der Waals surface area contributed by atoms with Crippen LogP contribution in [0.15, 0.2) is 76.3 Å². The monoisotopic (exact) mass is 776 g/mol. The van der Waals surface area contributed by atoms with Gasteiger partial charge < -0.3 is 48.5 Å². The first-order valence-electron chi connectivity index (χ1n) is 18.0. The van der Waals surface area contributed by atoms with Gasteiger partial charge in [-0.2, -0.15) is 0 Å². The molecule has 294 valence electrons. The molecule has 0 aromatic heterocycles. The van der Waals surface area contributed by atoms with Gasteiger partial charge in [0.25, 0.3) is 0 Å². The van der Waals surface area contributed by atoms with Crippen molar-refractivity contribution in [1.29, 1.82) is 0 Å². The smallest absolute Gasteiger partial charge is 0.508 e. The van der Waals surface area contributed by atoms with E-state index in [-0.39, 0.29) is 75.5 Å². The van der Waals surface area contributed by atoms with Crippen molar-refractivity contribution >= 4 is 49.2 Å². The van der Waals surface area contributed by atoms with Gasteiger partial charge in [0.2, 0.25) is 0 Å². The van der Waals surface area contributed by atoms with Crippen molar-refractivity contribution < 1.29 is 53.3 Å². The number of aromatic hydroxyl groups is 3. The summed E-state index contributed by atoms with van der Waals surface area (Å²) in [5, 5.41) is 35.2. The van der Waals surface area contributed by atoms with Crippen molar-refractivity contribution in [2.75, 3.05) is 28.4 Å². The lowest BCUT2D eigenvalue weighted by molar-refractivity contribution is 0.0533. The molecule has 0 radical (unpaired) electrons. The number of phenolic OH excluding ortho intramolecular Hbond substituents is 3. The van der Waals surface area contributed by atoms with E-state index in [1.165, 1.54) is 64.8 Å². The summed E-state index contributed by atoms with van der Waals surface area (Å²) in [5.41, 5.74) is 0.518. The van der Waals surface area contributed by atoms with Gasteiger partial charge in [-0.3, -0.25) is 9.59 Å². The maximum atomic E-state index is 14.0. The SMILES string of the molecule is COc1c(O)c2c(=O)cc(OC)c3c4c(OC)cc(=O)c5c(O)c(OC)c(CC(C)OC(=O)Oc6ccc(O)cc6)c(c(c1CC(C)OCc1ccccc1)c23)c54. The predicted octanol–water partition coefficient (Wildman–Crippen LogP) is 7.34. The molecule has 0 aliphatic rings. The first-order valence-corrected chi connectivity index (χ1v) is 18.0. The van der Waals surface area contributed by atoms with E-state index in [1.54, 1.807) is 6.92 Å². The average Bonchev–Trinajstić information content (AvgIpc) is 3.19. The highest BCUT2D eigenvalue weighted by Crippen LogP contribution is 2.55. The van der Waals surface area contributed by atoms with Crippen LogP contribution in [0.2, 0.25) is 0 Å². The Morgan fingerprint density at radius 2 is 1.09 bits per heavy atom. The van der Waals surface area contributed by atoms with Crippen LogP contribution in [0.5, 0.6) is 46.0 Å². The maximum absolute atomic E-state index is 14.0. The van der Waals surface area contributed by atoms with Gasteiger partial charge >= 0.3 is 6.16 Å². The second kappa shape index (κ2) is 15.4. The van der Waals surface area contributed by atoms with Crippen LogP contribution >= 0.6 is 0 Å². The fourth-order valence-electron chi connectivity index (χ4n) is 7.77. The van der Waals surface area contributed by atoms with Gasteiger partial charge in [0.1, 0.15) is 29.1 Å². The molecular formula is C44H40O13. The topological polar surface area (TPSA) is 177 Å². The maximum Gasteiger partial charge on any atom is 0.514 e. The summed E-state index contributed by atoms with van der Waals surface area (Å²) >= 11 is 0. The third-order valence-electron chi connectivity index (χ3n) is 10.1. The lowest BCUT2D eigenvalue weighted by Crippen LogP contribution is -2.21. The van der Waals surface area contributed by atoms with Crippen molar-refractivity contribution in [3.63, 3.8) is 0 Å². The van der Waals surface area contributed by atoms with Gasteiger partial charge in [0.15, 0.2) is 33.9 Å². The van der Waals surface area contributed by atoms with Gasteiger partial charge in [-0.05, 0) is 54.4 Å². The Labute approximate surface area is 325 Å². The summed E-state index contributed by atoms with van der Waals surface area (Å²) in [7, 11) is 5.50. The van der Waals surface area contributed by atoms with Crippen LogP contribution < -0.4 is 34.5 Å². The fraction of sp³-hybridized carbons (Fsp3) is 0.250. The number of carbonyl (C=O) groups is 1. The van der Waals surface area contributed by atoms with Crippen LogP contribution in [-0.4, -0.2) is 62.1 Å². The van der Waals surface area contributed by atoms with Crippen LogP contribution in [0.4, 0.5) is 4.79 Å². The van der Waals surface area contributed by atoms with Crippen molar-refractivity contribution in [3.8, 4) is 46.0 Å². The molecule has 7 aromatic carbocycles. The molecule has 0 heterocycles. The standard InChI is InChI=1S/C44H40O13/c1-21(55-20-23-10-8-7-9-11-23)16-26-32-33-27(17-22(2)56-44(50)57-25-14-12-24(45)13-15-25)43(54-6)41(49)35-29(47)19-31(52-4)37(39(33)35)36-30(51-3)18-28(46)34(38(32)36)40(48)42(26)53-5/h7-15,18-19,21-22,45,48-49H,16-17,20H2,1-6H3. The van der Waals surface area contributed by atoms with Crippen molar-refractivity contribution in [1.82, 2.24) is 0 Å². The van der Waals surface area contributed by atoms with Crippen molar-refractivity contribution in [3.05, 3.63) is 104 Å². The van der Waals surface area contributed by atoms with Crippen LogP contribution in [0, 0.1) is 0 Å². The number of benzene rings is 7. The first kappa shape index (κ1) is 38.5. The highest BCUT2D eigenvalue weighted by molar-refractivity contribution is 6.38. The summed E-state index contributed by atoms with van der Waals surface area (Å²) in [5.74, 6) is -0.590. The van der Waals surface area contributed by atoms with E-state index in [0.29, 0.717) is 32.7 Å². The normalized spacial score (nSPS) is 12.6. The minimum atomic E-state index is -1.04. The van der Waals surface area contributed by atoms with E-state index in [4.69, 9.17) is 33.2 Å². The number of phenols is 3. The second-order valence-electron chi connectivity index (χ2n) is 13.7. The number of hydrogen-bond acceptors (Lipinski definition) is 13. The Bertz CT molecular complexity index is 2750. The molecule has 0 saturated heterocycles. The molecule has 7 aromatic rings. The Hall–Kier alpha value is -6.73. The second-order valence-corrected chi connectivity index (χ2v) is 13.7. The fourth-order valence-corrected chi connectivity index (χ4v) is 7.77. The Morgan fingerprint density at radius 3 is 1.56 bits per heavy atom. The molecule has 0 amide bonds. The summed E-state index contributed by atoms with van der Waals surface area (Å²) in [6, 6.07) is 17.6. The van der Waals surface area contributed by atoms with E-state index in [1.807, 2.05) is 37.3 Å². The molecule has 0 aliphatic carbocycles. The highest BCUT2D eigenvalue weighted by Gasteiger charge is 2.33. The highest BCUT2D eigenvalue weighted by atomic mass is 16.7. The molecule has 57 heavy (non-hydrogen) atoms. The molecule has 0 aliphatic heterocycles. The van der Waals surface area contributed by atoms with Crippen molar-refractivity contribution in [2.45, 2.75) is 45.5 Å². The molecule has 0 spiro atoms. The third-order valence-corrected chi connectivity index (χ3v) is 10.1. The minimum Gasteiger partial charge on any atom is -0.508 e. The first-order chi connectivity index (χ1) is 27.4. The van der Waals surface area contributed by atoms with E-state index in [0.717, 1.165) is 5.56 Å². The number of rotatable bonds is 13. The molecule has 0 saturated carbocycles. The van der Waals surface area contributed by atoms with Gasteiger partial charge in [-0.1, -0.05) is 30.3 Å². The van der Waals surface area contributed by atoms with Crippen LogP contribution in [0.1, 0.15) is 30.5 Å². The Balaban J connectivity index is 1.57. The molecule has 0 fully saturated rings. The van der Waals surface area contributed by atoms with E-state index in [2.05, 4.69) is 0 Å². The molecule has 13 heteroatoms. The quantitative estimate of drug-likeness (QED) is 0.0459. The molecule has 2 atom stereocenters. The zero-order valence-electron chi connectivity index (χ0n) is 32.1. The average molecular weight is 777 g/mol. The zero-order chi connectivity index (χ0) is 40.7. The van der Waals surface area contributed by atoms with E-state index in [9.17, 15) is 29.7 Å². The lowest BCUT2D eigenvalue weighted by Gasteiger charge is -2.26. The molecule has 13 nitrogen and oxygen atoms in total. The number of fused-ring (bicyclic) bond motifs is 2. The van der Waals surface area contributed by atoms with E-state index >= 15 is 0 Å². The third kappa shape index (κ3) is 6.69. The lowest BCUT2D eigenvalue weighted by atomic mass is 9.81.